The standard InChI is InChI=1S/C16H26N2O2/c1-3-18-8-7-13(11-18)14(10-17)12-20-16-6-4-5-15(9-16)19-2/h4-6,9,13-14H,3,7-8,10-12,17H2,1-2H3. The number of hydrogen-bond acceptors (Lipinski definition) is 4. The summed E-state index contributed by atoms with van der Waals surface area (Å²) in [6.45, 7) is 7.06. The lowest BCUT2D eigenvalue weighted by Gasteiger charge is -2.22. The summed E-state index contributed by atoms with van der Waals surface area (Å²) in [5.74, 6) is 2.77. The molecule has 1 heterocycles. The summed E-state index contributed by atoms with van der Waals surface area (Å²) >= 11 is 0. The molecular formula is C16H26N2O2. The zero-order valence-corrected chi connectivity index (χ0v) is 12.5. The summed E-state index contributed by atoms with van der Waals surface area (Å²) in [6, 6.07) is 7.74. The fourth-order valence-electron chi connectivity index (χ4n) is 2.83. The van der Waals surface area contributed by atoms with E-state index in [1.807, 2.05) is 24.3 Å². The molecule has 0 aliphatic carbocycles. The van der Waals surface area contributed by atoms with Crippen LogP contribution in [0.15, 0.2) is 24.3 Å². The Morgan fingerprint density at radius 2 is 2.20 bits per heavy atom. The van der Waals surface area contributed by atoms with Crippen LogP contribution in [0.5, 0.6) is 11.5 Å². The summed E-state index contributed by atoms with van der Waals surface area (Å²) in [5.41, 5.74) is 5.94. The van der Waals surface area contributed by atoms with E-state index in [2.05, 4.69) is 11.8 Å². The third-order valence-corrected chi connectivity index (χ3v) is 4.23. The van der Waals surface area contributed by atoms with Crippen LogP contribution < -0.4 is 15.2 Å². The van der Waals surface area contributed by atoms with E-state index >= 15 is 0 Å². The van der Waals surface area contributed by atoms with Gasteiger partial charge in [-0.1, -0.05) is 13.0 Å². The van der Waals surface area contributed by atoms with Gasteiger partial charge in [0, 0.05) is 18.5 Å². The van der Waals surface area contributed by atoms with Gasteiger partial charge in [-0.3, -0.25) is 0 Å². The maximum absolute atomic E-state index is 5.94. The van der Waals surface area contributed by atoms with Crippen LogP contribution in [-0.2, 0) is 0 Å². The molecule has 1 aromatic rings. The van der Waals surface area contributed by atoms with Crippen molar-refractivity contribution in [1.82, 2.24) is 4.90 Å². The lowest BCUT2D eigenvalue weighted by molar-refractivity contribution is 0.196. The zero-order chi connectivity index (χ0) is 14.4. The molecule has 0 spiro atoms. The van der Waals surface area contributed by atoms with Crippen molar-refractivity contribution in [3.63, 3.8) is 0 Å². The number of hydrogen-bond donors (Lipinski definition) is 1. The number of nitrogens with zero attached hydrogens (tertiary/aromatic N) is 1. The van der Waals surface area contributed by atoms with E-state index in [9.17, 15) is 0 Å². The molecule has 2 unspecified atom stereocenters. The molecule has 4 heteroatoms. The third kappa shape index (κ3) is 3.87. The Hall–Kier alpha value is -1.26. The molecule has 0 radical (unpaired) electrons. The molecule has 2 atom stereocenters. The van der Waals surface area contributed by atoms with Crippen LogP contribution in [0.25, 0.3) is 0 Å². The third-order valence-electron chi connectivity index (χ3n) is 4.23. The summed E-state index contributed by atoms with van der Waals surface area (Å²) in [6.07, 6.45) is 1.23. The van der Waals surface area contributed by atoms with Crippen LogP contribution in [0.4, 0.5) is 0 Å². The smallest absolute Gasteiger partial charge is 0.122 e. The van der Waals surface area contributed by atoms with Gasteiger partial charge in [-0.15, -0.1) is 0 Å². The zero-order valence-electron chi connectivity index (χ0n) is 12.5. The molecule has 1 fully saturated rings. The molecule has 20 heavy (non-hydrogen) atoms. The van der Waals surface area contributed by atoms with E-state index in [-0.39, 0.29) is 0 Å². The number of ether oxygens (including phenoxy) is 2. The van der Waals surface area contributed by atoms with E-state index in [0.29, 0.717) is 25.0 Å². The van der Waals surface area contributed by atoms with Gasteiger partial charge in [-0.25, -0.2) is 0 Å². The maximum Gasteiger partial charge on any atom is 0.122 e. The predicted octanol–water partition coefficient (Wildman–Crippen LogP) is 1.99. The molecule has 112 valence electrons. The summed E-state index contributed by atoms with van der Waals surface area (Å²) in [4.78, 5) is 2.48. The average molecular weight is 278 g/mol. The highest BCUT2D eigenvalue weighted by molar-refractivity contribution is 5.32. The summed E-state index contributed by atoms with van der Waals surface area (Å²) in [7, 11) is 1.67. The van der Waals surface area contributed by atoms with Crippen LogP contribution in [0.3, 0.4) is 0 Å². The SMILES string of the molecule is CCN1CCC(C(CN)COc2cccc(OC)c2)C1. The first-order chi connectivity index (χ1) is 9.76. The van der Waals surface area contributed by atoms with E-state index < -0.39 is 0 Å². The van der Waals surface area contributed by atoms with E-state index in [1.54, 1.807) is 7.11 Å². The van der Waals surface area contributed by atoms with Crippen molar-refractivity contribution >= 4 is 0 Å². The Labute approximate surface area is 121 Å². The minimum absolute atomic E-state index is 0.428. The van der Waals surface area contributed by atoms with Gasteiger partial charge in [-0.05, 0) is 44.1 Å². The largest absolute Gasteiger partial charge is 0.497 e. The minimum Gasteiger partial charge on any atom is -0.497 e. The second-order valence-electron chi connectivity index (χ2n) is 5.43. The van der Waals surface area contributed by atoms with Gasteiger partial charge in [0.2, 0.25) is 0 Å². The van der Waals surface area contributed by atoms with Crippen LogP contribution in [0, 0.1) is 11.8 Å². The van der Waals surface area contributed by atoms with Gasteiger partial charge in [0.05, 0.1) is 13.7 Å². The Morgan fingerprint density at radius 3 is 2.85 bits per heavy atom. The highest BCUT2D eigenvalue weighted by Gasteiger charge is 2.28. The minimum atomic E-state index is 0.428. The van der Waals surface area contributed by atoms with Crippen LogP contribution >= 0.6 is 0 Å². The van der Waals surface area contributed by atoms with Gasteiger partial charge in [0.25, 0.3) is 0 Å². The number of methoxy groups -OCH3 is 1. The molecule has 1 saturated heterocycles. The Morgan fingerprint density at radius 1 is 1.40 bits per heavy atom. The normalized spacial score (nSPS) is 20.9. The second-order valence-corrected chi connectivity index (χ2v) is 5.43. The molecule has 0 saturated carbocycles. The van der Waals surface area contributed by atoms with Crippen molar-refractivity contribution in [2.45, 2.75) is 13.3 Å². The van der Waals surface area contributed by atoms with Crippen molar-refractivity contribution < 1.29 is 9.47 Å². The fourth-order valence-corrected chi connectivity index (χ4v) is 2.83. The van der Waals surface area contributed by atoms with Crippen LogP contribution in [0.1, 0.15) is 13.3 Å². The summed E-state index contributed by atoms with van der Waals surface area (Å²) < 4.78 is 11.1. The predicted molar refractivity (Wildman–Crippen MR) is 81.3 cm³/mol. The maximum atomic E-state index is 5.94. The number of nitrogens with two attached hydrogens (primary N) is 1. The van der Waals surface area contributed by atoms with Gasteiger partial charge in [0.1, 0.15) is 11.5 Å². The van der Waals surface area contributed by atoms with Crippen molar-refractivity contribution in [3.8, 4) is 11.5 Å². The van der Waals surface area contributed by atoms with Gasteiger partial charge < -0.3 is 20.1 Å². The first-order valence-electron chi connectivity index (χ1n) is 7.46. The molecule has 1 aromatic carbocycles. The molecule has 4 nitrogen and oxygen atoms in total. The van der Waals surface area contributed by atoms with Gasteiger partial charge in [0.15, 0.2) is 0 Å². The van der Waals surface area contributed by atoms with Crippen molar-refractivity contribution in [3.05, 3.63) is 24.3 Å². The monoisotopic (exact) mass is 278 g/mol. The van der Waals surface area contributed by atoms with Crippen molar-refractivity contribution in [2.75, 3.05) is 39.9 Å². The molecule has 1 aliphatic rings. The summed E-state index contributed by atoms with van der Waals surface area (Å²) in [5, 5.41) is 0. The second kappa shape index (κ2) is 7.50. The Bertz CT molecular complexity index is 411. The lowest BCUT2D eigenvalue weighted by Crippen LogP contribution is -2.31. The molecule has 0 aromatic heterocycles. The van der Waals surface area contributed by atoms with E-state index in [1.165, 1.54) is 13.0 Å². The Balaban J connectivity index is 1.87. The molecule has 0 amide bonds. The molecule has 1 aliphatic heterocycles. The van der Waals surface area contributed by atoms with Gasteiger partial charge >= 0.3 is 0 Å². The van der Waals surface area contributed by atoms with Crippen LogP contribution in [-0.4, -0.2) is 44.8 Å². The highest BCUT2D eigenvalue weighted by Crippen LogP contribution is 2.25. The highest BCUT2D eigenvalue weighted by atomic mass is 16.5. The number of benzene rings is 1. The molecule has 2 N–H and O–H groups in total. The average Bonchev–Trinajstić information content (AvgIpc) is 2.97. The number of rotatable bonds is 7. The fraction of sp³-hybridized carbons (Fsp3) is 0.625. The Kier molecular flexibility index (Phi) is 5.68. The molecular weight excluding hydrogens is 252 g/mol. The van der Waals surface area contributed by atoms with Crippen LogP contribution in [0.2, 0.25) is 0 Å². The number of likely N-dealkylation sites (tertiary alicyclic amines) is 1. The lowest BCUT2D eigenvalue weighted by atomic mass is 9.92. The topological polar surface area (TPSA) is 47.7 Å². The first kappa shape index (κ1) is 15.1. The quantitative estimate of drug-likeness (QED) is 0.828. The van der Waals surface area contributed by atoms with E-state index in [0.717, 1.165) is 24.6 Å². The molecule has 2 rings (SSSR count). The first-order valence-corrected chi connectivity index (χ1v) is 7.46. The van der Waals surface area contributed by atoms with Gasteiger partial charge in [-0.2, -0.15) is 0 Å². The van der Waals surface area contributed by atoms with Crippen molar-refractivity contribution in [2.24, 2.45) is 17.6 Å². The molecule has 0 bridgehead atoms. The van der Waals surface area contributed by atoms with E-state index in [4.69, 9.17) is 15.2 Å². The van der Waals surface area contributed by atoms with Crippen molar-refractivity contribution in [1.29, 1.82) is 0 Å².